The number of benzene rings is 1. The maximum Gasteiger partial charge on any atom is 0.225 e. The first-order chi connectivity index (χ1) is 14.3. The summed E-state index contributed by atoms with van der Waals surface area (Å²) in [6.45, 7) is 4.69. The molecule has 2 aromatic rings. The summed E-state index contributed by atoms with van der Waals surface area (Å²) in [5, 5.41) is 3.16. The van der Waals surface area contributed by atoms with Gasteiger partial charge in [-0.3, -0.25) is 9.69 Å². The molecule has 0 saturated carbocycles. The van der Waals surface area contributed by atoms with E-state index in [-0.39, 0.29) is 11.8 Å². The first-order valence-corrected chi connectivity index (χ1v) is 10.9. The molecule has 0 aliphatic carbocycles. The van der Waals surface area contributed by atoms with E-state index in [9.17, 15) is 4.79 Å². The van der Waals surface area contributed by atoms with E-state index in [4.69, 9.17) is 0 Å². The molecule has 2 fully saturated rings. The Morgan fingerprint density at radius 3 is 2.52 bits per heavy atom. The van der Waals surface area contributed by atoms with Crippen molar-refractivity contribution in [2.24, 2.45) is 5.92 Å². The summed E-state index contributed by atoms with van der Waals surface area (Å²) >= 11 is 0. The van der Waals surface area contributed by atoms with E-state index < -0.39 is 0 Å². The molecule has 4 rings (SSSR count). The standard InChI is InChI=1S/C23H31N5O/c29-22(24-14-9-19-6-2-1-3-7-19)20-8-4-15-28(18-20)21-10-16-27(17-11-21)23-25-12-5-13-26-23/h1-3,5-7,12-13,20-21H,4,8-11,14-18H2,(H,24,29)/t20-/m0/s1. The average Bonchev–Trinajstić information content (AvgIpc) is 2.80. The summed E-state index contributed by atoms with van der Waals surface area (Å²) in [5.74, 6) is 1.18. The van der Waals surface area contributed by atoms with Crippen LogP contribution in [0.4, 0.5) is 5.95 Å². The van der Waals surface area contributed by atoms with Crippen LogP contribution in [-0.2, 0) is 11.2 Å². The largest absolute Gasteiger partial charge is 0.355 e. The van der Waals surface area contributed by atoms with Gasteiger partial charge >= 0.3 is 0 Å². The molecule has 154 valence electrons. The molecule has 6 nitrogen and oxygen atoms in total. The molecular formula is C23H31N5O. The Hall–Kier alpha value is -2.47. The first kappa shape index (κ1) is 19.8. The number of nitrogens with zero attached hydrogens (tertiary/aromatic N) is 4. The molecule has 1 aromatic heterocycles. The number of piperidine rings is 2. The number of hydrogen-bond donors (Lipinski definition) is 1. The van der Waals surface area contributed by atoms with Crippen molar-refractivity contribution in [1.29, 1.82) is 0 Å². The monoisotopic (exact) mass is 393 g/mol. The van der Waals surface area contributed by atoms with E-state index >= 15 is 0 Å². The van der Waals surface area contributed by atoms with Crippen LogP contribution >= 0.6 is 0 Å². The summed E-state index contributed by atoms with van der Waals surface area (Å²) in [4.78, 5) is 26.3. The Morgan fingerprint density at radius 2 is 1.76 bits per heavy atom. The lowest BCUT2D eigenvalue weighted by atomic mass is 9.93. The lowest BCUT2D eigenvalue weighted by Gasteiger charge is -2.42. The second-order valence-corrected chi connectivity index (χ2v) is 8.13. The van der Waals surface area contributed by atoms with Gasteiger partial charge in [-0.25, -0.2) is 9.97 Å². The lowest BCUT2D eigenvalue weighted by Crippen LogP contribution is -2.51. The van der Waals surface area contributed by atoms with Crippen LogP contribution in [0.3, 0.4) is 0 Å². The van der Waals surface area contributed by atoms with E-state index in [1.54, 1.807) is 12.4 Å². The van der Waals surface area contributed by atoms with Crippen LogP contribution in [0, 0.1) is 5.92 Å². The van der Waals surface area contributed by atoms with Gasteiger partial charge in [-0.05, 0) is 50.3 Å². The molecule has 1 N–H and O–H groups in total. The van der Waals surface area contributed by atoms with Gasteiger partial charge in [-0.2, -0.15) is 0 Å². The van der Waals surface area contributed by atoms with Gasteiger partial charge in [-0.1, -0.05) is 30.3 Å². The van der Waals surface area contributed by atoms with Crippen molar-refractivity contribution in [3.8, 4) is 0 Å². The van der Waals surface area contributed by atoms with Crippen LogP contribution < -0.4 is 10.2 Å². The quantitative estimate of drug-likeness (QED) is 0.817. The molecule has 0 unspecified atom stereocenters. The molecule has 0 bridgehead atoms. The molecule has 2 aliphatic heterocycles. The van der Waals surface area contributed by atoms with Crippen LogP contribution in [0.15, 0.2) is 48.8 Å². The van der Waals surface area contributed by atoms with Crippen LogP contribution in [0.5, 0.6) is 0 Å². The minimum Gasteiger partial charge on any atom is -0.355 e. The number of likely N-dealkylation sites (tertiary alicyclic amines) is 1. The molecule has 3 heterocycles. The van der Waals surface area contributed by atoms with E-state index in [1.807, 2.05) is 24.3 Å². The van der Waals surface area contributed by atoms with E-state index in [0.717, 1.165) is 70.8 Å². The highest BCUT2D eigenvalue weighted by Crippen LogP contribution is 2.25. The van der Waals surface area contributed by atoms with Crippen LogP contribution in [0.2, 0.25) is 0 Å². The highest BCUT2D eigenvalue weighted by atomic mass is 16.1. The van der Waals surface area contributed by atoms with E-state index in [1.165, 1.54) is 5.56 Å². The third kappa shape index (κ3) is 5.32. The first-order valence-electron chi connectivity index (χ1n) is 10.9. The third-order valence-corrected chi connectivity index (χ3v) is 6.20. The second-order valence-electron chi connectivity index (χ2n) is 8.13. The number of carbonyl (C=O) groups excluding carboxylic acids is 1. The average molecular weight is 394 g/mol. The summed E-state index contributed by atoms with van der Waals surface area (Å²) in [7, 11) is 0. The lowest BCUT2D eigenvalue weighted by molar-refractivity contribution is -0.127. The molecular weight excluding hydrogens is 362 g/mol. The number of anilines is 1. The number of rotatable bonds is 6. The topological polar surface area (TPSA) is 61.4 Å². The maximum absolute atomic E-state index is 12.7. The summed E-state index contributed by atoms with van der Waals surface area (Å²) < 4.78 is 0. The van der Waals surface area contributed by atoms with Crippen LogP contribution in [0.1, 0.15) is 31.2 Å². The number of nitrogens with one attached hydrogen (secondary N) is 1. The molecule has 1 aromatic carbocycles. The van der Waals surface area contributed by atoms with Crippen molar-refractivity contribution in [1.82, 2.24) is 20.2 Å². The molecule has 2 saturated heterocycles. The van der Waals surface area contributed by atoms with Gasteiger partial charge in [0.25, 0.3) is 0 Å². The number of carbonyl (C=O) groups is 1. The molecule has 29 heavy (non-hydrogen) atoms. The van der Waals surface area contributed by atoms with Gasteiger partial charge in [0, 0.05) is 44.6 Å². The predicted octanol–water partition coefficient (Wildman–Crippen LogP) is 2.52. The van der Waals surface area contributed by atoms with Gasteiger partial charge in [0.05, 0.1) is 5.92 Å². The van der Waals surface area contributed by atoms with Gasteiger partial charge < -0.3 is 10.2 Å². The minimum absolute atomic E-state index is 0.120. The third-order valence-electron chi connectivity index (χ3n) is 6.20. The molecule has 0 radical (unpaired) electrons. The zero-order valence-electron chi connectivity index (χ0n) is 17.0. The second kappa shape index (κ2) is 9.83. The van der Waals surface area contributed by atoms with Crippen LogP contribution in [0.25, 0.3) is 0 Å². The van der Waals surface area contributed by atoms with E-state index in [2.05, 4.69) is 37.2 Å². The van der Waals surface area contributed by atoms with Crippen molar-refractivity contribution in [3.05, 3.63) is 54.4 Å². The van der Waals surface area contributed by atoms with Crippen molar-refractivity contribution >= 4 is 11.9 Å². The Kier molecular flexibility index (Phi) is 6.72. The summed E-state index contributed by atoms with van der Waals surface area (Å²) in [6.07, 6.45) is 8.84. The zero-order valence-corrected chi connectivity index (χ0v) is 17.0. The Balaban J connectivity index is 1.22. The predicted molar refractivity (Wildman–Crippen MR) is 115 cm³/mol. The molecule has 1 amide bonds. The Bertz CT molecular complexity index is 761. The Labute approximate surface area is 173 Å². The number of aromatic nitrogens is 2. The van der Waals surface area contributed by atoms with Gasteiger partial charge in [0.1, 0.15) is 0 Å². The van der Waals surface area contributed by atoms with Crippen molar-refractivity contribution in [2.75, 3.05) is 37.6 Å². The Morgan fingerprint density at radius 1 is 1.00 bits per heavy atom. The van der Waals surface area contributed by atoms with Crippen molar-refractivity contribution < 1.29 is 4.79 Å². The fraction of sp³-hybridized carbons (Fsp3) is 0.522. The summed E-state index contributed by atoms with van der Waals surface area (Å²) in [6, 6.07) is 12.8. The van der Waals surface area contributed by atoms with Gasteiger partial charge in [0.2, 0.25) is 11.9 Å². The maximum atomic E-state index is 12.7. The molecule has 6 heteroatoms. The summed E-state index contributed by atoms with van der Waals surface area (Å²) in [5.41, 5.74) is 1.27. The molecule has 0 spiro atoms. The van der Waals surface area contributed by atoms with Gasteiger partial charge in [-0.15, -0.1) is 0 Å². The van der Waals surface area contributed by atoms with Crippen molar-refractivity contribution in [2.45, 2.75) is 38.1 Å². The smallest absolute Gasteiger partial charge is 0.225 e. The molecule has 2 aliphatic rings. The SMILES string of the molecule is O=C(NCCc1ccccc1)[C@H]1CCCN(C2CCN(c3ncccn3)CC2)C1. The molecule has 1 atom stereocenters. The zero-order chi connectivity index (χ0) is 19.9. The fourth-order valence-electron chi connectivity index (χ4n) is 4.56. The number of hydrogen-bond acceptors (Lipinski definition) is 5. The number of amides is 1. The minimum atomic E-state index is 0.120. The normalized spacial score (nSPS) is 21.1. The fourth-order valence-corrected chi connectivity index (χ4v) is 4.56. The highest BCUT2D eigenvalue weighted by Gasteiger charge is 2.31. The van der Waals surface area contributed by atoms with E-state index in [0.29, 0.717) is 6.04 Å². The van der Waals surface area contributed by atoms with Gasteiger partial charge in [0.15, 0.2) is 0 Å². The van der Waals surface area contributed by atoms with Crippen molar-refractivity contribution in [3.63, 3.8) is 0 Å². The van der Waals surface area contributed by atoms with Crippen LogP contribution in [-0.4, -0.2) is 59.5 Å². The highest BCUT2D eigenvalue weighted by molar-refractivity contribution is 5.79.